The Hall–Kier alpha value is -3.41. The fourth-order valence-corrected chi connectivity index (χ4v) is 3.36. The SMILES string of the molecule is Cc1cc(N2CCCC2)nc(CNC(=O)c2ccc(Oc3ccccc3)cc2)n1. The van der Waals surface area contributed by atoms with Gasteiger partial charge in [-0.2, -0.15) is 0 Å². The molecule has 3 aromatic rings. The summed E-state index contributed by atoms with van der Waals surface area (Å²) in [5, 5.41) is 2.91. The van der Waals surface area contributed by atoms with Gasteiger partial charge in [0.1, 0.15) is 23.1 Å². The smallest absolute Gasteiger partial charge is 0.251 e. The number of ether oxygens (including phenoxy) is 1. The summed E-state index contributed by atoms with van der Waals surface area (Å²) in [5.41, 5.74) is 1.48. The number of nitrogens with zero attached hydrogens (tertiary/aromatic N) is 3. The second-order valence-corrected chi connectivity index (χ2v) is 7.10. The van der Waals surface area contributed by atoms with Gasteiger partial charge in [-0.15, -0.1) is 0 Å². The molecular weight excluding hydrogens is 364 g/mol. The van der Waals surface area contributed by atoms with E-state index in [0.717, 1.165) is 30.4 Å². The molecule has 0 bridgehead atoms. The number of carbonyl (C=O) groups is 1. The topological polar surface area (TPSA) is 67.4 Å². The van der Waals surface area contributed by atoms with Crippen LogP contribution in [-0.4, -0.2) is 29.0 Å². The summed E-state index contributed by atoms with van der Waals surface area (Å²) in [6, 6.07) is 18.6. The van der Waals surface area contributed by atoms with E-state index < -0.39 is 0 Å². The maximum Gasteiger partial charge on any atom is 0.251 e. The van der Waals surface area contributed by atoms with Gasteiger partial charge in [0.2, 0.25) is 0 Å². The third kappa shape index (κ3) is 4.90. The number of hydrogen-bond donors (Lipinski definition) is 1. The molecule has 1 saturated heterocycles. The van der Waals surface area contributed by atoms with E-state index in [0.29, 0.717) is 23.7 Å². The van der Waals surface area contributed by atoms with Crippen LogP contribution in [0.25, 0.3) is 0 Å². The number of benzene rings is 2. The van der Waals surface area contributed by atoms with Gasteiger partial charge in [-0.25, -0.2) is 9.97 Å². The van der Waals surface area contributed by atoms with E-state index in [-0.39, 0.29) is 5.91 Å². The highest BCUT2D eigenvalue weighted by atomic mass is 16.5. The van der Waals surface area contributed by atoms with Gasteiger partial charge in [-0.1, -0.05) is 18.2 Å². The fourth-order valence-electron chi connectivity index (χ4n) is 3.36. The summed E-state index contributed by atoms with van der Waals surface area (Å²) >= 11 is 0. The Balaban J connectivity index is 1.37. The first kappa shape index (κ1) is 18.9. The van der Waals surface area contributed by atoms with Gasteiger partial charge in [-0.3, -0.25) is 4.79 Å². The molecule has 0 atom stereocenters. The van der Waals surface area contributed by atoms with Gasteiger partial charge in [0, 0.05) is 30.4 Å². The molecule has 6 heteroatoms. The maximum atomic E-state index is 12.5. The number of hydrogen-bond acceptors (Lipinski definition) is 5. The second-order valence-electron chi connectivity index (χ2n) is 7.10. The maximum absolute atomic E-state index is 12.5. The predicted molar refractivity (Wildman–Crippen MR) is 112 cm³/mol. The molecule has 1 amide bonds. The number of para-hydroxylation sites is 1. The number of anilines is 1. The van der Waals surface area contributed by atoms with Crippen LogP contribution in [0.4, 0.5) is 5.82 Å². The van der Waals surface area contributed by atoms with Crippen molar-refractivity contribution in [1.82, 2.24) is 15.3 Å². The van der Waals surface area contributed by atoms with E-state index in [4.69, 9.17) is 4.74 Å². The molecule has 1 aromatic heterocycles. The van der Waals surface area contributed by atoms with E-state index >= 15 is 0 Å². The molecule has 0 saturated carbocycles. The van der Waals surface area contributed by atoms with Crippen molar-refractivity contribution < 1.29 is 9.53 Å². The van der Waals surface area contributed by atoms with Crippen LogP contribution in [0.5, 0.6) is 11.5 Å². The molecule has 2 aromatic carbocycles. The molecule has 1 fully saturated rings. The summed E-state index contributed by atoms with van der Waals surface area (Å²) < 4.78 is 5.76. The molecule has 29 heavy (non-hydrogen) atoms. The van der Waals surface area contributed by atoms with E-state index in [9.17, 15) is 4.79 Å². The molecule has 6 nitrogen and oxygen atoms in total. The van der Waals surface area contributed by atoms with Crippen LogP contribution >= 0.6 is 0 Å². The standard InChI is InChI=1S/C23H24N4O2/c1-17-15-22(27-13-5-6-14-27)26-21(25-17)16-24-23(28)18-9-11-20(12-10-18)29-19-7-3-2-4-8-19/h2-4,7-12,15H,5-6,13-14,16H2,1H3,(H,24,28). The molecule has 0 spiro atoms. The first-order valence-electron chi connectivity index (χ1n) is 9.88. The van der Waals surface area contributed by atoms with Gasteiger partial charge in [0.15, 0.2) is 0 Å². The van der Waals surface area contributed by atoms with Crippen molar-refractivity contribution >= 4 is 11.7 Å². The van der Waals surface area contributed by atoms with Crippen molar-refractivity contribution in [2.24, 2.45) is 0 Å². The summed E-state index contributed by atoms with van der Waals surface area (Å²) in [6.45, 7) is 4.31. The molecule has 1 N–H and O–H groups in total. The molecule has 0 aliphatic carbocycles. The number of amides is 1. The Morgan fingerprint density at radius 2 is 1.69 bits per heavy atom. The lowest BCUT2D eigenvalue weighted by Crippen LogP contribution is -2.25. The van der Waals surface area contributed by atoms with Crippen LogP contribution in [0.3, 0.4) is 0 Å². The van der Waals surface area contributed by atoms with Crippen LogP contribution in [0.2, 0.25) is 0 Å². The monoisotopic (exact) mass is 388 g/mol. The number of rotatable bonds is 6. The Labute approximate surface area is 170 Å². The minimum Gasteiger partial charge on any atom is -0.457 e. The Kier molecular flexibility index (Phi) is 5.70. The van der Waals surface area contributed by atoms with Crippen LogP contribution in [0.15, 0.2) is 60.7 Å². The third-order valence-corrected chi connectivity index (χ3v) is 4.82. The minimum absolute atomic E-state index is 0.163. The third-order valence-electron chi connectivity index (χ3n) is 4.82. The lowest BCUT2D eigenvalue weighted by atomic mass is 10.2. The van der Waals surface area contributed by atoms with E-state index in [1.165, 1.54) is 12.8 Å². The van der Waals surface area contributed by atoms with Crippen LogP contribution < -0.4 is 15.0 Å². The molecule has 1 aliphatic heterocycles. The Bertz CT molecular complexity index is 968. The number of nitrogens with one attached hydrogen (secondary N) is 1. The molecule has 4 rings (SSSR count). The van der Waals surface area contributed by atoms with E-state index in [2.05, 4.69) is 20.2 Å². The number of carbonyl (C=O) groups excluding carboxylic acids is 1. The van der Waals surface area contributed by atoms with Crippen molar-refractivity contribution in [3.05, 3.63) is 77.7 Å². The summed E-state index contributed by atoms with van der Waals surface area (Å²) in [4.78, 5) is 23.8. The molecule has 2 heterocycles. The Morgan fingerprint density at radius 1 is 1.00 bits per heavy atom. The van der Waals surface area contributed by atoms with Gasteiger partial charge in [0.25, 0.3) is 5.91 Å². The first-order valence-corrected chi connectivity index (χ1v) is 9.88. The number of aromatic nitrogens is 2. The average Bonchev–Trinajstić information content (AvgIpc) is 3.28. The Morgan fingerprint density at radius 3 is 2.41 bits per heavy atom. The van der Waals surface area contributed by atoms with E-state index in [1.807, 2.05) is 43.3 Å². The first-order chi connectivity index (χ1) is 14.2. The summed E-state index contributed by atoms with van der Waals surface area (Å²) in [5.74, 6) is 2.86. The molecular formula is C23H24N4O2. The second kappa shape index (κ2) is 8.73. The molecule has 1 aliphatic rings. The largest absolute Gasteiger partial charge is 0.457 e. The molecule has 0 unspecified atom stereocenters. The van der Waals surface area contributed by atoms with Crippen molar-refractivity contribution in [3.63, 3.8) is 0 Å². The molecule has 0 radical (unpaired) electrons. The normalized spacial score (nSPS) is 13.3. The number of aryl methyl sites for hydroxylation is 1. The fraction of sp³-hybridized carbons (Fsp3) is 0.261. The quantitative estimate of drug-likeness (QED) is 0.688. The lowest BCUT2D eigenvalue weighted by molar-refractivity contribution is 0.0950. The van der Waals surface area contributed by atoms with Crippen molar-refractivity contribution in [1.29, 1.82) is 0 Å². The zero-order valence-electron chi connectivity index (χ0n) is 16.5. The van der Waals surface area contributed by atoms with Gasteiger partial charge >= 0.3 is 0 Å². The van der Waals surface area contributed by atoms with Crippen LogP contribution in [0, 0.1) is 6.92 Å². The molecule has 148 valence electrons. The van der Waals surface area contributed by atoms with Crippen molar-refractivity contribution in [2.45, 2.75) is 26.3 Å². The highest BCUT2D eigenvalue weighted by molar-refractivity contribution is 5.94. The van der Waals surface area contributed by atoms with Gasteiger partial charge in [0.05, 0.1) is 6.54 Å². The van der Waals surface area contributed by atoms with Gasteiger partial charge < -0.3 is 15.0 Å². The zero-order chi connectivity index (χ0) is 20.1. The highest BCUT2D eigenvalue weighted by Crippen LogP contribution is 2.21. The average molecular weight is 388 g/mol. The van der Waals surface area contributed by atoms with Gasteiger partial charge in [-0.05, 0) is 56.2 Å². The van der Waals surface area contributed by atoms with Crippen LogP contribution in [0.1, 0.15) is 34.7 Å². The van der Waals surface area contributed by atoms with E-state index in [1.54, 1.807) is 24.3 Å². The summed E-state index contributed by atoms with van der Waals surface area (Å²) in [7, 11) is 0. The van der Waals surface area contributed by atoms with Crippen molar-refractivity contribution in [3.8, 4) is 11.5 Å². The van der Waals surface area contributed by atoms with Crippen LogP contribution in [-0.2, 0) is 6.54 Å². The minimum atomic E-state index is -0.163. The highest BCUT2D eigenvalue weighted by Gasteiger charge is 2.15. The zero-order valence-corrected chi connectivity index (χ0v) is 16.5. The van der Waals surface area contributed by atoms with Crippen molar-refractivity contribution in [2.75, 3.05) is 18.0 Å². The predicted octanol–water partition coefficient (Wildman–Crippen LogP) is 4.11. The summed E-state index contributed by atoms with van der Waals surface area (Å²) in [6.07, 6.45) is 2.39. The lowest BCUT2D eigenvalue weighted by Gasteiger charge is -2.17.